The molecule has 1 atom stereocenters. The van der Waals surface area contributed by atoms with E-state index in [9.17, 15) is 9.59 Å². The first kappa shape index (κ1) is 21.9. The molecule has 1 unspecified atom stereocenters. The van der Waals surface area contributed by atoms with E-state index < -0.39 is 6.04 Å². The summed E-state index contributed by atoms with van der Waals surface area (Å²) in [5, 5.41) is 3.18. The molecule has 1 aliphatic carbocycles. The summed E-state index contributed by atoms with van der Waals surface area (Å²) < 4.78 is 5.20. The molecule has 160 valence electrons. The molecule has 0 saturated heterocycles. The van der Waals surface area contributed by atoms with E-state index in [-0.39, 0.29) is 24.3 Å². The van der Waals surface area contributed by atoms with Gasteiger partial charge in [0.05, 0.1) is 13.5 Å². The van der Waals surface area contributed by atoms with Crippen molar-refractivity contribution in [1.29, 1.82) is 0 Å². The van der Waals surface area contributed by atoms with Gasteiger partial charge in [0, 0.05) is 12.6 Å². The Bertz CT molecular complexity index is 814. The third kappa shape index (κ3) is 5.85. The first-order chi connectivity index (χ1) is 14.6. The van der Waals surface area contributed by atoms with Crippen LogP contribution >= 0.6 is 0 Å². The lowest BCUT2D eigenvalue weighted by Gasteiger charge is -2.31. The summed E-state index contributed by atoms with van der Waals surface area (Å²) >= 11 is 0. The van der Waals surface area contributed by atoms with Crippen LogP contribution in [0, 0.1) is 0 Å². The Hall–Kier alpha value is -2.82. The van der Waals surface area contributed by atoms with Crippen molar-refractivity contribution >= 4 is 11.8 Å². The highest BCUT2D eigenvalue weighted by molar-refractivity contribution is 5.88. The van der Waals surface area contributed by atoms with E-state index in [1.165, 1.54) is 0 Å². The van der Waals surface area contributed by atoms with Crippen molar-refractivity contribution in [1.82, 2.24) is 10.2 Å². The number of nitrogens with zero attached hydrogens (tertiary/aromatic N) is 1. The van der Waals surface area contributed by atoms with E-state index >= 15 is 0 Å². The van der Waals surface area contributed by atoms with Crippen LogP contribution < -0.4 is 10.1 Å². The summed E-state index contributed by atoms with van der Waals surface area (Å²) in [6.45, 7) is 2.39. The summed E-state index contributed by atoms with van der Waals surface area (Å²) in [6.07, 6.45) is 5.21. The smallest absolute Gasteiger partial charge is 0.243 e. The second kappa shape index (κ2) is 10.8. The maximum atomic E-state index is 13.3. The summed E-state index contributed by atoms with van der Waals surface area (Å²) in [6, 6.07) is 17.1. The average molecular weight is 409 g/mol. The minimum atomic E-state index is -0.475. The van der Waals surface area contributed by atoms with Crippen LogP contribution in [0.4, 0.5) is 0 Å². The number of amides is 2. The van der Waals surface area contributed by atoms with Gasteiger partial charge in [0.2, 0.25) is 11.8 Å². The molecule has 1 N–H and O–H groups in total. The molecular weight excluding hydrogens is 376 g/mol. The molecule has 5 heteroatoms. The Morgan fingerprint density at radius 2 is 1.70 bits per heavy atom. The summed E-state index contributed by atoms with van der Waals surface area (Å²) in [4.78, 5) is 28.1. The van der Waals surface area contributed by atoms with E-state index in [0.29, 0.717) is 13.0 Å². The Morgan fingerprint density at radius 3 is 2.30 bits per heavy atom. The number of methoxy groups -OCH3 is 1. The predicted octanol–water partition coefficient (Wildman–Crippen LogP) is 4.10. The SMILES string of the molecule is CCC(C(=O)NC1CCCC1)N(Cc1ccccc1)C(=O)Cc1ccc(OC)cc1. The largest absolute Gasteiger partial charge is 0.497 e. The molecule has 1 fully saturated rings. The maximum Gasteiger partial charge on any atom is 0.243 e. The van der Waals surface area contributed by atoms with Gasteiger partial charge in [-0.1, -0.05) is 62.2 Å². The van der Waals surface area contributed by atoms with Crippen molar-refractivity contribution < 1.29 is 14.3 Å². The second-order valence-electron chi connectivity index (χ2n) is 7.95. The fourth-order valence-corrected chi connectivity index (χ4v) is 4.09. The van der Waals surface area contributed by atoms with Crippen LogP contribution in [0.2, 0.25) is 0 Å². The van der Waals surface area contributed by atoms with E-state index in [0.717, 1.165) is 42.6 Å². The number of hydrogen-bond acceptors (Lipinski definition) is 3. The number of nitrogens with one attached hydrogen (secondary N) is 1. The fraction of sp³-hybridized carbons (Fsp3) is 0.440. The number of ether oxygens (including phenoxy) is 1. The van der Waals surface area contributed by atoms with Gasteiger partial charge < -0.3 is 15.0 Å². The van der Waals surface area contributed by atoms with Gasteiger partial charge in [0.15, 0.2) is 0 Å². The molecule has 0 heterocycles. The molecule has 0 aromatic heterocycles. The van der Waals surface area contributed by atoms with E-state index in [1.807, 2.05) is 61.5 Å². The standard InChI is InChI=1S/C25H32N2O3/c1-3-23(25(29)26-21-11-7-8-12-21)27(18-20-9-5-4-6-10-20)24(28)17-19-13-15-22(30-2)16-14-19/h4-6,9-10,13-16,21,23H,3,7-8,11-12,17-18H2,1-2H3,(H,26,29). The van der Waals surface area contributed by atoms with Crippen LogP contribution in [0.1, 0.15) is 50.2 Å². The third-order valence-electron chi connectivity index (χ3n) is 5.80. The summed E-state index contributed by atoms with van der Waals surface area (Å²) in [7, 11) is 1.62. The molecule has 0 bridgehead atoms. The molecule has 2 amide bonds. The van der Waals surface area contributed by atoms with Crippen molar-refractivity contribution in [2.24, 2.45) is 0 Å². The number of hydrogen-bond donors (Lipinski definition) is 1. The van der Waals surface area contributed by atoms with Gasteiger partial charge >= 0.3 is 0 Å². The molecular formula is C25H32N2O3. The zero-order valence-electron chi connectivity index (χ0n) is 18.0. The van der Waals surface area contributed by atoms with Crippen LogP contribution in [-0.4, -0.2) is 35.9 Å². The van der Waals surface area contributed by atoms with Crippen molar-refractivity contribution in [3.8, 4) is 5.75 Å². The Morgan fingerprint density at radius 1 is 1.03 bits per heavy atom. The normalized spacial score (nSPS) is 14.9. The average Bonchev–Trinajstić information content (AvgIpc) is 3.28. The Labute approximate surface area is 179 Å². The Kier molecular flexibility index (Phi) is 7.89. The molecule has 3 rings (SSSR count). The van der Waals surface area contributed by atoms with Gasteiger partial charge in [-0.05, 0) is 42.5 Å². The molecule has 1 saturated carbocycles. The number of carbonyl (C=O) groups is 2. The number of benzene rings is 2. The fourth-order valence-electron chi connectivity index (χ4n) is 4.09. The molecule has 30 heavy (non-hydrogen) atoms. The highest BCUT2D eigenvalue weighted by atomic mass is 16.5. The van der Waals surface area contributed by atoms with Gasteiger partial charge in [-0.15, -0.1) is 0 Å². The second-order valence-corrected chi connectivity index (χ2v) is 7.95. The molecule has 5 nitrogen and oxygen atoms in total. The third-order valence-corrected chi connectivity index (χ3v) is 5.80. The lowest BCUT2D eigenvalue weighted by atomic mass is 10.1. The molecule has 2 aromatic rings. The van der Waals surface area contributed by atoms with Crippen molar-refractivity contribution in [3.05, 3.63) is 65.7 Å². The Balaban J connectivity index is 1.78. The molecule has 2 aromatic carbocycles. The highest BCUT2D eigenvalue weighted by Crippen LogP contribution is 2.20. The van der Waals surface area contributed by atoms with Crippen molar-refractivity contribution in [3.63, 3.8) is 0 Å². The van der Waals surface area contributed by atoms with E-state index in [4.69, 9.17) is 4.74 Å². The van der Waals surface area contributed by atoms with Crippen LogP contribution in [-0.2, 0) is 22.6 Å². The molecule has 1 aliphatic rings. The maximum absolute atomic E-state index is 13.3. The quantitative estimate of drug-likeness (QED) is 0.679. The topological polar surface area (TPSA) is 58.6 Å². The van der Waals surface area contributed by atoms with Gasteiger partial charge in [-0.25, -0.2) is 0 Å². The van der Waals surface area contributed by atoms with Crippen molar-refractivity contribution in [2.75, 3.05) is 7.11 Å². The monoisotopic (exact) mass is 408 g/mol. The molecule has 0 radical (unpaired) electrons. The first-order valence-electron chi connectivity index (χ1n) is 10.9. The lowest BCUT2D eigenvalue weighted by molar-refractivity contribution is -0.141. The lowest BCUT2D eigenvalue weighted by Crippen LogP contribution is -2.51. The van der Waals surface area contributed by atoms with Crippen LogP contribution in [0.25, 0.3) is 0 Å². The molecule has 0 spiro atoms. The van der Waals surface area contributed by atoms with Crippen LogP contribution in [0.5, 0.6) is 5.75 Å². The predicted molar refractivity (Wildman–Crippen MR) is 118 cm³/mol. The van der Waals surface area contributed by atoms with E-state index in [2.05, 4.69) is 5.32 Å². The summed E-state index contributed by atoms with van der Waals surface area (Å²) in [5.41, 5.74) is 1.93. The zero-order valence-corrected chi connectivity index (χ0v) is 18.0. The van der Waals surface area contributed by atoms with Crippen LogP contribution in [0.15, 0.2) is 54.6 Å². The van der Waals surface area contributed by atoms with Gasteiger partial charge in [0.25, 0.3) is 0 Å². The van der Waals surface area contributed by atoms with E-state index in [1.54, 1.807) is 12.0 Å². The molecule has 0 aliphatic heterocycles. The first-order valence-corrected chi connectivity index (χ1v) is 10.9. The minimum absolute atomic E-state index is 0.0385. The minimum Gasteiger partial charge on any atom is -0.497 e. The van der Waals surface area contributed by atoms with Gasteiger partial charge in [0.1, 0.15) is 11.8 Å². The van der Waals surface area contributed by atoms with Gasteiger partial charge in [-0.2, -0.15) is 0 Å². The van der Waals surface area contributed by atoms with Crippen LogP contribution in [0.3, 0.4) is 0 Å². The zero-order chi connectivity index (χ0) is 21.3. The number of carbonyl (C=O) groups excluding carboxylic acids is 2. The van der Waals surface area contributed by atoms with Gasteiger partial charge in [-0.3, -0.25) is 9.59 Å². The number of rotatable bonds is 9. The van der Waals surface area contributed by atoms with Crippen molar-refractivity contribution in [2.45, 2.75) is 64.1 Å². The summed E-state index contributed by atoms with van der Waals surface area (Å²) in [5.74, 6) is 0.676. The highest BCUT2D eigenvalue weighted by Gasteiger charge is 2.30.